The van der Waals surface area contributed by atoms with Gasteiger partial charge < -0.3 is 9.84 Å². The zero-order valence-electron chi connectivity index (χ0n) is 9.62. The van der Waals surface area contributed by atoms with Crippen LogP contribution in [0.15, 0.2) is 24.3 Å². The van der Waals surface area contributed by atoms with E-state index in [4.69, 9.17) is 9.84 Å². The number of nitrogens with zero attached hydrogens (tertiary/aromatic N) is 1. The molecule has 1 aromatic rings. The molecule has 1 N–H and O–H groups in total. The fourth-order valence-electron chi connectivity index (χ4n) is 1.83. The number of aliphatic carboxylic acids is 1. The standard InChI is InChI=1S/C12H11NO5/c1-2-18-11(12(16)17)13-9(14)7-5-3-4-6-8(7)10(13)15/h3-6,11H,2H2,1H3,(H,16,17). The van der Waals surface area contributed by atoms with Crippen LogP contribution in [0.1, 0.15) is 27.6 Å². The van der Waals surface area contributed by atoms with Crippen LogP contribution >= 0.6 is 0 Å². The summed E-state index contributed by atoms with van der Waals surface area (Å²) in [5.41, 5.74) is 0.405. The first-order valence-electron chi connectivity index (χ1n) is 5.39. The Morgan fingerprint density at radius 2 is 1.78 bits per heavy atom. The molecule has 0 spiro atoms. The number of hydrogen-bond acceptors (Lipinski definition) is 4. The third kappa shape index (κ3) is 1.76. The Morgan fingerprint density at radius 3 is 2.17 bits per heavy atom. The minimum atomic E-state index is -1.58. The monoisotopic (exact) mass is 249 g/mol. The second-order valence-electron chi connectivity index (χ2n) is 3.67. The SMILES string of the molecule is CCOC(C(=O)O)N1C(=O)c2ccccc2C1=O. The van der Waals surface area contributed by atoms with Crippen molar-refractivity contribution in [1.29, 1.82) is 0 Å². The van der Waals surface area contributed by atoms with E-state index in [1.807, 2.05) is 0 Å². The average Bonchev–Trinajstić information content (AvgIpc) is 2.60. The Bertz CT molecular complexity index is 490. The van der Waals surface area contributed by atoms with Gasteiger partial charge in [-0.25, -0.2) is 9.69 Å². The summed E-state index contributed by atoms with van der Waals surface area (Å²) in [4.78, 5) is 35.7. The summed E-state index contributed by atoms with van der Waals surface area (Å²) in [7, 11) is 0. The van der Waals surface area contributed by atoms with Crippen LogP contribution in [0.3, 0.4) is 0 Å². The number of hydrogen-bond donors (Lipinski definition) is 1. The Hall–Kier alpha value is -2.21. The quantitative estimate of drug-likeness (QED) is 0.795. The van der Waals surface area contributed by atoms with Crippen LogP contribution < -0.4 is 0 Å². The molecule has 0 fully saturated rings. The van der Waals surface area contributed by atoms with Crippen LogP contribution in [-0.4, -0.2) is 40.6 Å². The van der Waals surface area contributed by atoms with E-state index < -0.39 is 24.0 Å². The van der Waals surface area contributed by atoms with Gasteiger partial charge in [-0.2, -0.15) is 0 Å². The summed E-state index contributed by atoms with van der Waals surface area (Å²) in [5, 5.41) is 9.01. The maximum atomic E-state index is 12.0. The number of ether oxygens (including phenoxy) is 1. The summed E-state index contributed by atoms with van der Waals surface area (Å²) in [5.74, 6) is -2.65. The van der Waals surface area contributed by atoms with Crippen molar-refractivity contribution in [3.63, 3.8) is 0 Å². The van der Waals surface area contributed by atoms with Gasteiger partial charge in [0.25, 0.3) is 11.8 Å². The van der Waals surface area contributed by atoms with E-state index in [0.717, 1.165) is 0 Å². The zero-order valence-corrected chi connectivity index (χ0v) is 9.62. The molecule has 1 aromatic carbocycles. The number of fused-ring (bicyclic) bond motifs is 1. The van der Waals surface area contributed by atoms with Crippen LogP contribution in [0.4, 0.5) is 0 Å². The summed E-state index contributed by atoms with van der Waals surface area (Å²) in [6.07, 6.45) is -1.58. The van der Waals surface area contributed by atoms with Crippen molar-refractivity contribution in [3.05, 3.63) is 35.4 Å². The van der Waals surface area contributed by atoms with Crippen LogP contribution in [0.5, 0.6) is 0 Å². The fourth-order valence-corrected chi connectivity index (χ4v) is 1.83. The number of carboxylic acids is 1. The first kappa shape index (κ1) is 12.3. The lowest BCUT2D eigenvalue weighted by atomic mass is 10.1. The Labute approximate surface area is 103 Å². The molecule has 18 heavy (non-hydrogen) atoms. The van der Waals surface area contributed by atoms with Gasteiger partial charge >= 0.3 is 5.97 Å². The highest BCUT2D eigenvalue weighted by Gasteiger charge is 2.43. The number of benzene rings is 1. The summed E-state index contributed by atoms with van der Waals surface area (Å²) < 4.78 is 4.94. The molecule has 0 saturated heterocycles. The van der Waals surface area contributed by atoms with Crippen molar-refractivity contribution in [2.75, 3.05) is 6.61 Å². The summed E-state index contributed by atoms with van der Waals surface area (Å²) >= 11 is 0. The largest absolute Gasteiger partial charge is 0.478 e. The molecule has 0 saturated carbocycles. The van der Waals surface area contributed by atoms with Crippen molar-refractivity contribution >= 4 is 17.8 Å². The smallest absolute Gasteiger partial charge is 0.354 e. The molecule has 0 aliphatic carbocycles. The van der Waals surface area contributed by atoms with Gasteiger partial charge in [-0.05, 0) is 19.1 Å². The molecule has 1 aliphatic rings. The Morgan fingerprint density at radius 1 is 1.28 bits per heavy atom. The molecule has 0 bridgehead atoms. The molecule has 0 radical (unpaired) electrons. The van der Waals surface area contributed by atoms with E-state index in [2.05, 4.69) is 0 Å². The highest BCUT2D eigenvalue weighted by Crippen LogP contribution is 2.24. The maximum absolute atomic E-state index is 12.0. The maximum Gasteiger partial charge on any atom is 0.354 e. The topological polar surface area (TPSA) is 83.9 Å². The molecule has 1 aliphatic heterocycles. The van der Waals surface area contributed by atoms with Gasteiger partial charge in [-0.15, -0.1) is 0 Å². The van der Waals surface area contributed by atoms with E-state index in [-0.39, 0.29) is 17.7 Å². The molecule has 1 heterocycles. The first-order chi connectivity index (χ1) is 8.57. The van der Waals surface area contributed by atoms with Crippen molar-refractivity contribution in [3.8, 4) is 0 Å². The highest BCUT2D eigenvalue weighted by molar-refractivity contribution is 6.22. The van der Waals surface area contributed by atoms with Gasteiger partial charge in [0.15, 0.2) is 0 Å². The van der Waals surface area contributed by atoms with E-state index >= 15 is 0 Å². The van der Waals surface area contributed by atoms with E-state index in [9.17, 15) is 14.4 Å². The van der Waals surface area contributed by atoms with Gasteiger partial charge in [-0.3, -0.25) is 9.59 Å². The molecule has 2 amide bonds. The molecule has 6 nitrogen and oxygen atoms in total. The summed E-state index contributed by atoms with van der Waals surface area (Å²) in [6.45, 7) is 1.68. The van der Waals surface area contributed by atoms with E-state index in [1.54, 1.807) is 19.1 Å². The number of amides is 2. The lowest BCUT2D eigenvalue weighted by molar-refractivity contribution is -0.158. The molecule has 0 aromatic heterocycles. The predicted molar refractivity (Wildman–Crippen MR) is 60.0 cm³/mol. The Balaban J connectivity index is 2.41. The van der Waals surface area contributed by atoms with Crippen LogP contribution in [0.2, 0.25) is 0 Å². The van der Waals surface area contributed by atoms with Crippen molar-refractivity contribution in [2.24, 2.45) is 0 Å². The zero-order chi connectivity index (χ0) is 13.3. The van der Waals surface area contributed by atoms with E-state index in [1.165, 1.54) is 12.1 Å². The second-order valence-corrected chi connectivity index (χ2v) is 3.67. The average molecular weight is 249 g/mol. The number of carboxylic acid groups (broad SMARTS) is 1. The molecular formula is C12H11NO5. The third-order valence-corrected chi connectivity index (χ3v) is 2.60. The van der Waals surface area contributed by atoms with Crippen LogP contribution in [-0.2, 0) is 9.53 Å². The predicted octanol–water partition coefficient (Wildman–Crippen LogP) is 0.730. The van der Waals surface area contributed by atoms with Gasteiger partial charge in [0.1, 0.15) is 0 Å². The van der Waals surface area contributed by atoms with Gasteiger partial charge in [0.05, 0.1) is 11.1 Å². The molecule has 2 rings (SSSR count). The highest BCUT2D eigenvalue weighted by atomic mass is 16.5. The van der Waals surface area contributed by atoms with Crippen LogP contribution in [0, 0.1) is 0 Å². The fraction of sp³-hybridized carbons (Fsp3) is 0.250. The second kappa shape index (κ2) is 4.58. The minimum Gasteiger partial charge on any atom is -0.478 e. The first-order valence-corrected chi connectivity index (χ1v) is 5.39. The van der Waals surface area contributed by atoms with Gasteiger partial charge in [-0.1, -0.05) is 12.1 Å². The minimum absolute atomic E-state index is 0.0877. The van der Waals surface area contributed by atoms with Gasteiger partial charge in [0.2, 0.25) is 6.23 Å². The molecule has 94 valence electrons. The summed E-state index contributed by atoms with van der Waals surface area (Å²) in [6, 6.07) is 6.20. The Kier molecular flexibility index (Phi) is 3.12. The van der Waals surface area contributed by atoms with Crippen molar-refractivity contribution < 1.29 is 24.2 Å². The number of carbonyl (C=O) groups excluding carboxylic acids is 2. The molecule has 1 atom stereocenters. The normalized spacial score (nSPS) is 15.7. The van der Waals surface area contributed by atoms with Crippen molar-refractivity contribution in [1.82, 2.24) is 4.90 Å². The van der Waals surface area contributed by atoms with Crippen LogP contribution in [0.25, 0.3) is 0 Å². The third-order valence-electron chi connectivity index (χ3n) is 2.60. The lowest BCUT2D eigenvalue weighted by Crippen LogP contribution is -2.46. The van der Waals surface area contributed by atoms with Gasteiger partial charge in [0, 0.05) is 6.61 Å². The number of rotatable bonds is 4. The number of imide groups is 1. The lowest BCUT2D eigenvalue weighted by Gasteiger charge is -2.21. The molecular weight excluding hydrogens is 238 g/mol. The van der Waals surface area contributed by atoms with Crippen molar-refractivity contribution in [2.45, 2.75) is 13.2 Å². The molecule has 1 unspecified atom stereocenters. The molecule has 6 heteroatoms. The number of carbonyl (C=O) groups is 3. The van der Waals surface area contributed by atoms with E-state index in [0.29, 0.717) is 4.90 Å².